The van der Waals surface area contributed by atoms with Crippen LogP contribution in [0.15, 0.2) is 72.3 Å². The van der Waals surface area contributed by atoms with E-state index in [1.54, 1.807) is 12.1 Å². The van der Waals surface area contributed by atoms with Gasteiger partial charge in [0.15, 0.2) is 0 Å². The molecule has 0 bridgehead atoms. The third-order valence-electron chi connectivity index (χ3n) is 4.65. The van der Waals surface area contributed by atoms with Gasteiger partial charge in [0, 0.05) is 16.3 Å². The third kappa shape index (κ3) is 5.50. The maximum absolute atomic E-state index is 12.5. The Labute approximate surface area is 181 Å². The zero-order valence-corrected chi connectivity index (χ0v) is 17.5. The molecule has 3 rings (SSSR count). The molecule has 0 fully saturated rings. The smallest absolute Gasteiger partial charge is 0.266 e. The predicted molar refractivity (Wildman–Crippen MR) is 120 cm³/mol. The van der Waals surface area contributed by atoms with Crippen molar-refractivity contribution in [3.8, 4) is 11.8 Å². The molecule has 5 heteroatoms. The van der Waals surface area contributed by atoms with E-state index in [-0.39, 0.29) is 5.57 Å². The average Bonchev–Trinajstić information content (AvgIpc) is 2.74. The minimum Gasteiger partial charge on any atom is -0.489 e. The number of carbonyl (C=O) groups is 1. The Morgan fingerprint density at radius 1 is 1.07 bits per heavy atom. The lowest BCUT2D eigenvalue weighted by atomic mass is 10.1. The minimum absolute atomic E-state index is 0.0106. The summed E-state index contributed by atoms with van der Waals surface area (Å²) in [7, 11) is 0. The predicted octanol–water partition coefficient (Wildman–Crippen LogP) is 6.08. The Hall–Kier alpha value is -3.55. The summed E-state index contributed by atoms with van der Waals surface area (Å²) in [6.07, 6.45) is 1.54. The number of ether oxygens (including phenoxy) is 1. The molecule has 0 spiro atoms. The molecule has 0 aromatic heterocycles. The van der Waals surface area contributed by atoms with E-state index in [2.05, 4.69) is 5.32 Å². The molecule has 0 radical (unpaired) electrons. The molecule has 0 atom stereocenters. The minimum atomic E-state index is -0.455. The molecule has 4 nitrogen and oxygen atoms in total. The van der Waals surface area contributed by atoms with Gasteiger partial charge in [-0.2, -0.15) is 5.26 Å². The number of hydrogen-bond acceptors (Lipinski definition) is 3. The summed E-state index contributed by atoms with van der Waals surface area (Å²) in [6.45, 7) is 4.30. The number of amides is 1. The van der Waals surface area contributed by atoms with Gasteiger partial charge in [0.1, 0.15) is 24.0 Å². The third-order valence-corrected chi connectivity index (χ3v) is 5.02. The zero-order chi connectivity index (χ0) is 21.5. The first kappa shape index (κ1) is 21.2. The fourth-order valence-electron chi connectivity index (χ4n) is 2.80. The molecule has 0 aliphatic heterocycles. The molecule has 3 aromatic rings. The standard InChI is InChI=1S/C25H21ClN2O2/c1-17-10-11-22(12-18(17)2)28-25(29)21(15-27)13-19-6-5-8-23(14-19)30-16-20-7-3-4-9-24(20)26/h3-14H,16H2,1-2H3,(H,28,29)/b21-13-. The van der Waals surface area contributed by atoms with E-state index in [0.29, 0.717) is 28.6 Å². The number of nitrogens with one attached hydrogen (secondary N) is 1. The number of nitrogens with zero attached hydrogens (tertiary/aromatic N) is 1. The van der Waals surface area contributed by atoms with Crippen LogP contribution >= 0.6 is 11.6 Å². The average molecular weight is 417 g/mol. The van der Waals surface area contributed by atoms with Crippen molar-refractivity contribution in [2.75, 3.05) is 5.32 Å². The van der Waals surface area contributed by atoms with Crippen molar-refractivity contribution in [1.82, 2.24) is 0 Å². The monoisotopic (exact) mass is 416 g/mol. The van der Waals surface area contributed by atoms with Crippen LogP contribution in [0.3, 0.4) is 0 Å². The summed E-state index contributed by atoms with van der Waals surface area (Å²) in [6, 6.07) is 22.3. The quantitative estimate of drug-likeness (QED) is 0.391. The second-order valence-corrected chi connectivity index (χ2v) is 7.28. The van der Waals surface area contributed by atoms with E-state index in [1.165, 1.54) is 0 Å². The van der Waals surface area contributed by atoms with Crippen molar-refractivity contribution in [3.05, 3.63) is 99.6 Å². The lowest BCUT2D eigenvalue weighted by Gasteiger charge is -2.09. The highest BCUT2D eigenvalue weighted by Gasteiger charge is 2.10. The van der Waals surface area contributed by atoms with Gasteiger partial charge in [-0.15, -0.1) is 0 Å². The van der Waals surface area contributed by atoms with Gasteiger partial charge in [0.2, 0.25) is 0 Å². The van der Waals surface area contributed by atoms with Gasteiger partial charge >= 0.3 is 0 Å². The highest BCUT2D eigenvalue weighted by molar-refractivity contribution is 6.31. The summed E-state index contributed by atoms with van der Waals surface area (Å²) in [5.41, 5.74) is 4.44. The summed E-state index contributed by atoms with van der Waals surface area (Å²) in [5.74, 6) is 0.165. The van der Waals surface area contributed by atoms with Gasteiger partial charge in [-0.3, -0.25) is 4.79 Å². The maximum Gasteiger partial charge on any atom is 0.266 e. The van der Waals surface area contributed by atoms with E-state index in [9.17, 15) is 10.1 Å². The number of carbonyl (C=O) groups excluding carboxylic acids is 1. The first-order chi connectivity index (χ1) is 14.5. The SMILES string of the molecule is Cc1ccc(NC(=O)/C(C#N)=C\c2cccc(OCc3ccccc3Cl)c2)cc1C. The Morgan fingerprint density at radius 3 is 2.60 bits per heavy atom. The molecule has 0 saturated heterocycles. The highest BCUT2D eigenvalue weighted by atomic mass is 35.5. The number of halogens is 1. The maximum atomic E-state index is 12.5. The van der Waals surface area contributed by atoms with Crippen LogP contribution in [0.1, 0.15) is 22.3 Å². The van der Waals surface area contributed by atoms with Crippen LogP contribution in [-0.4, -0.2) is 5.91 Å². The molecule has 3 aromatic carbocycles. The zero-order valence-electron chi connectivity index (χ0n) is 16.8. The van der Waals surface area contributed by atoms with Crippen LogP contribution in [0.5, 0.6) is 5.75 Å². The molecule has 0 saturated carbocycles. The van der Waals surface area contributed by atoms with Gasteiger partial charge in [0.05, 0.1) is 0 Å². The topological polar surface area (TPSA) is 62.1 Å². The number of rotatable bonds is 6. The molecule has 1 N–H and O–H groups in total. The number of anilines is 1. The van der Waals surface area contributed by atoms with Crippen LogP contribution in [0.25, 0.3) is 6.08 Å². The van der Waals surface area contributed by atoms with Crippen molar-refractivity contribution in [3.63, 3.8) is 0 Å². The number of benzene rings is 3. The van der Waals surface area contributed by atoms with Crippen molar-refractivity contribution >= 4 is 29.3 Å². The van der Waals surface area contributed by atoms with Crippen LogP contribution < -0.4 is 10.1 Å². The molecule has 0 aliphatic rings. The normalized spacial score (nSPS) is 10.9. The van der Waals surface area contributed by atoms with Crippen LogP contribution in [0.4, 0.5) is 5.69 Å². The first-order valence-corrected chi connectivity index (χ1v) is 9.81. The fraction of sp³-hybridized carbons (Fsp3) is 0.120. The van der Waals surface area contributed by atoms with Crippen molar-refractivity contribution in [1.29, 1.82) is 5.26 Å². The molecular formula is C25H21ClN2O2. The summed E-state index contributed by atoms with van der Waals surface area (Å²) in [5, 5.41) is 12.9. The number of hydrogen-bond donors (Lipinski definition) is 1. The van der Waals surface area contributed by atoms with Crippen LogP contribution in [0.2, 0.25) is 5.02 Å². The Kier molecular flexibility index (Phi) is 6.90. The van der Waals surface area contributed by atoms with Crippen LogP contribution in [-0.2, 0) is 11.4 Å². The highest BCUT2D eigenvalue weighted by Crippen LogP contribution is 2.21. The van der Waals surface area contributed by atoms with E-state index < -0.39 is 5.91 Å². The van der Waals surface area contributed by atoms with Gasteiger partial charge < -0.3 is 10.1 Å². The van der Waals surface area contributed by atoms with E-state index >= 15 is 0 Å². The molecule has 150 valence electrons. The summed E-state index contributed by atoms with van der Waals surface area (Å²) in [4.78, 5) is 12.5. The second kappa shape index (κ2) is 9.78. The molecule has 30 heavy (non-hydrogen) atoms. The Balaban J connectivity index is 1.73. The fourth-order valence-corrected chi connectivity index (χ4v) is 2.99. The van der Waals surface area contributed by atoms with Gasteiger partial charge in [0.25, 0.3) is 5.91 Å². The Morgan fingerprint density at radius 2 is 1.87 bits per heavy atom. The van der Waals surface area contributed by atoms with Crippen molar-refractivity contribution in [2.45, 2.75) is 20.5 Å². The number of nitriles is 1. The second-order valence-electron chi connectivity index (χ2n) is 6.88. The molecule has 1 amide bonds. The molecule has 0 unspecified atom stereocenters. The summed E-state index contributed by atoms with van der Waals surface area (Å²) >= 11 is 6.16. The lowest BCUT2D eigenvalue weighted by molar-refractivity contribution is -0.112. The number of aryl methyl sites for hydroxylation is 2. The lowest BCUT2D eigenvalue weighted by Crippen LogP contribution is -2.13. The van der Waals surface area contributed by atoms with Crippen molar-refractivity contribution < 1.29 is 9.53 Å². The van der Waals surface area contributed by atoms with Gasteiger partial charge in [-0.05, 0) is 66.9 Å². The molecule has 0 aliphatic carbocycles. The molecule has 0 heterocycles. The van der Waals surface area contributed by atoms with E-state index in [1.807, 2.05) is 80.6 Å². The van der Waals surface area contributed by atoms with E-state index in [4.69, 9.17) is 16.3 Å². The van der Waals surface area contributed by atoms with E-state index in [0.717, 1.165) is 16.7 Å². The van der Waals surface area contributed by atoms with Gasteiger partial charge in [-0.1, -0.05) is 48.0 Å². The van der Waals surface area contributed by atoms with Crippen LogP contribution in [0, 0.1) is 25.2 Å². The summed E-state index contributed by atoms with van der Waals surface area (Å²) < 4.78 is 5.81. The molecular weight excluding hydrogens is 396 g/mol. The largest absolute Gasteiger partial charge is 0.489 e. The first-order valence-electron chi connectivity index (χ1n) is 9.43. The Bertz CT molecular complexity index is 1150. The van der Waals surface area contributed by atoms with Gasteiger partial charge in [-0.25, -0.2) is 0 Å². The van der Waals surface area contributed by atoms with Crippen molar-refractivity contribution in [2.24, 2.45) is 0 Å².